The van der Waals surface area contributed by atoms with Crippen LogP contribution >= 0.6 is 11.3 Å². The maximum Gasteiger partial charge on any atom is 0.264 e. The van der Waals surface area contributed by atoms with Crippen molar-refractivity contribution >= 4 is 22.4 Å². The molecule has 1 aromatic carbocycles. The van der Waals surface area contributed by atoms with E-state index in [9.17, 15) is 4.79 Å². The fourth-order valence-electron chi connectivity index (χ4n) is 2.46. The molecule has 7 heteroatoms. The Bertz CT molecular complexity index is 711. The summed E-state index contributed by atoms with van der Waals surface area (Å²) in [6.07, 6.45) is 4.49. The zero-order valence-corrected chi connectivity index (χ0v) is 14.1. The topological polar surface area (TPSA) is 73.3 Å². The highest BCUT2D eigenvalue weighted by atomic mass is 32.1. The molecule has 1 N–H and O–H groups in total. The molecular formula is C17H19N3O3S. The van der Waals surface area contributed by atoms with Gasteiger partial charge in [-0.2, -0.15) is 0 Å². The number of allylic oxidation sites excluding steroid dienone is 1. The van der Waals surface area contributed by atoms with E-state index in [0.717, 1.165) is 30.0 Å². The number of carbonyl (C=O) groups is 1. The van der Waals surface area contributed by atoms with Gasteiger partial charge in [0, 0.05) is 6.61 Å². The lowest BCUT2D eigenvalue weighted by Crippen LogP contribution is -2.20. The van der Waals surface area contributed by atoms with Gasteiger partial charge >= 0.3 is 0 Å². The van der Waals surface area contributed by atoms with Crippen LogP contribution in [0.3, 0.4) is 0 Å². The normalized spacial score (nSPS) is 16.8. The van der Waals surface area contributed by atoms with Gasteiger partial charge in [-0.3, -0.25) is 10.1 Å². The highest BCUT2D eigenvalue weighted by Crippen LogP contribution is 2.31. The number of para-hydroxylation sites is 1. The molecule has 24 heavy (non-hydrogen) atoms. The second kappa shape index (κ2) is 8.03. The van der Waals surface area contributed by atoms with Crippen molar-refractivity contribution in [1.82, 2.24) is 10.2 Å². The maximum atomic E-state index is 12.0. The Morgan fingerprint density at radius 2 is 2.33 bits per heavy atom. The molecule has 126 valence electrons. The number of hydrogen-bond donors (Lipinski definition) is 1. The highest BCUT2D eigenvalue weighted by Gasteiger charge is 2.22. The molecule has 6 nitrogen and oxygen atoms in total. The minimum atomic E-state index is -0.265. The molecule has 1 amide bonds. The number of amides is 1. The van der Waals surface area contributed by atoms with Crippen LogP contribution in [0.5, 0.6) is 5.75 Å². The molecule has 0 aliphatic carbocycles. The number of benzene rings is 1. The van der Waals surface area contributed by atoms with E-state index < -0.39 is 0 Å². The predicted octanol–water partition coefficient (Wildman–Crippen LogP) is 3.14. The smallest absolute Gasteiger partial charge is 0.264 e. The summed E-state index contributed by atoms with van der Waals surface area (Å²) < 4.78 is 11.2. The lowest BCUT2D eigenvalue weighted by Gasteiger charge is -2.09. The largest absolute Gasteiger partial charge is 0.483 e. The van der Waals surface area contributed by atoms with Crippen LogP contribution in [0.4, 0.5) is 5.13 Å². The third-order valence-corrected chi connectivity index (χ3v) is 4.52. The summed E-state index contributed by atoms with van der Waals surface area (Å²) in [6.45, 7) is 4.40. The molecule has 1 unspecified atom stereocenters. The number of hydrogen-bond acceptors (Lipinski definition) is 6. The van der Waals surface area contributed by atoms with Crippen LogP contribution in [0.25, 0.3) is 0 Å². The predicted molar refractivity (Wildman–Crippen MR) is 92.3 cm³/mol. The molecule has 0 radical (unpaired) electrons. The fourth-order valence-corrected chi connectivity index (χ4v) is 3.30. The van der Waals surface area contributed by atoms with E-state index in [1.165, 1.54) is 11.3 Å². The first-order valence-electron chi connectivity index (χ1n) is 7.82. The molecule has 0 bridgehead atoms. The Morgan fingerprint density at radius 3 is 3.12 bits per heavy atom. The van der Waals surface area contributed by atoms with Crippen LogP contribution in [0.15, 0.2) is 36.9 Å². The van der Waals surface area contributed by atoms with E-state index >= 15 is 0 Å². The van der Waals surface area contributed by atoms with Crippen molar-refractivity contribution in [2.24, 2.45) is 0 Å². The Kier molecular flexibility index (Phi) is 5.55. The van der Waals surface area contributed by atoms with E-state index in [1.807, 2.05) is 24.3 Å². The van der Waals surface area contributed by atoms with Crippen LogP contribution in [0, 0.1) is 0 Å². The molecule has 1 aliphatic rings. The second-order valence-corrected chi connectivity index (χ2v) is 6.39. The number of anilines is 1. The third-order valence-electron chi connectivity index (χ3n) is 3.59. The molecule has 3 rings (SSSR count). The van der Waals surface area contributed by atoms with Crippen LogP contribution in [-0.2, 0) is 16.0 Å². The third kappa shape index (κ3) is 4.18. The molecule has 1 atom stereocenters. The summed E-state index contributed by atoms with van der Waals surface area (Å²) in [5.74, 6) is 0.420. The van der Waals surface area contributed by atoms with Crippen molar-refractivity contribution in [3.63, 3.8) is 0 Å². The van der Waals surface area contributed by atoms with E-state index in [0.29, 0.717) is 17.3 Å². The van der Waals surface area contributed by atoms with Gasteiger partial charge in [-0.1, -0.05) is 35.6 Å². The summed E-state index contributed by atoms with van der Waals surface area (Å²) in [7, 11) is 0. The van der Waals surface area contributed by atoms with Crippen LogP contribution in [0.2, 0.25) is 0 Å². The number of carbonyl (C=O) groups excluding carboxylic acids is 1. The van der Waals surface area contributed by atoms with Crippen molar-refractivity contribution in [3.05, 3.63) is 47.5 Å². The summed E-state index contributed by atoms with van der Waals surface area (Å²) in [6, 6.07) is 7.60. The number of nitrogens with zero attached hydrogens (tertiary/aromatic N) is 2. The minimum absolute atomic E-state index is 0.00943. The Balaban J connectivity index is 1.53. The van der Waals surface area contributed by atoms with Gasteiger partial charge in [-0.05, 0) is 30.9 Å². The number of ether oxygens (including phenoxy) is 2. The van der Waals surface area contributed by atoms with Gasteiger partial charge in [0.15, 0.2) is 6.61 Å². The Morgan fingerprint density at radius 1 is 1.46 bits per heavy atom. The Hall–Kier alpha value is -2.25. The van der Waals surface area contributed by atoms with Gasteiger partial charge in [0.1, 0.15) is 16.9 Å². The lowest BCUT2D eigenvalue weighted by molar-refractivity contribution is -0.118. The average Bonchev–Trinajstić information content (AvgIpc) is 3.25. The van der Waals surface area contributed by atoms with E-state index in [2.05, 4.69) is 22.1 Å². The van der Waals surface area contributed by atoms with Crippen LogP contribution < -0.4 is 10.1 Å². The molecular weight excluding hydrogens is 326 g/mol. The first-order chi connectivity index (χ1) is 11.8. The molecule has 2 heterocycles. The zero-order valence-electron chi connectivity index (χ0n) is 13.2. The first-order valence-corrected chi connectivity index (χ1v) is 8.64. The average molecular weight is 345 g/mol. The van der Waals surface area contributed by atoms with Gasteiger partial charge in [-0.25, -0.2) is 0 Å². The van der Waals surface area contributed by atoms with Gasteiger partial charge in [0.2, 0.25) is 5.13 Å². The minimum Gasteiger partial charge on any atom is -0.483 e. The van der Waals surface area contributed by atoms with Crippen LogP contribution in [0.1, 0.15) is 29.5 Å². The fraction of sp³-hybridized carbons (Fsp3) is 0.353. The number of aromatic nitrogens is 2. The molecule has 0 spiro atoms. The molecule has 2 aromatic rings. The van der Waals surface area contributed by atoms with E-state index in [1.54, 1.807) is 6.08 Å². The zero-order chi connectivity index (χ0) is 16.8. The summed E-state index contributed by atoms with van der Waals surface area (Å²) in [5, 5.41) is 12.1. The van der Waals surface area contributed by atoms with Crippen molar-refractivity contribution < 1.29 is 14.3 Å². The van der Waals surface area contributed by atoms with Gasteiger partial charge in [0.25, 0.3) is 5.91 Å². The standard InChI is InChI=1S/C17H19N3O3S/c1-2-6-12-7-3-4-8-13(12)23-11-15(21)18-17-20-19-16(24-17)14-9-5-10-22-14/h2-4,7-8,14H,1,5-6,9-11H2,(H,18,20,21). The lowest BCUT2D eigenvalue weighted by atomic mass is 10.1. The van der Waals surface area contributed by atoms with Crippen molar-refractivity contribution in [3.8, 4) is 5.75 Å². The number of rotatable bonds is 7. The quantitative estimate of drug-likeness (QED) is 0.781. The molecule has 1 saturated heterocycles. The summed E-state index contributed by atoms with van der Waals surface area (Å²) >= 11 is 1.34. The second-order valence-electron chi connectivity index (χ2n) is 5.38. The SMILES string of the molecule is C=CCc1ccccc1OCC(=O)Nc1nnc(C2CCCO2)s1. The van der Waals surface area contributed by atoms with Gasteiger partial charge < -0.3 is 9.47 Å². The maximum absolute atomic E-state index is 12.0. The summed E-state index contributed by atoms with van der Waals surface area (Å²) in [5.41, 5.74) is 0.997. The van der Waals surface area contributed by atoms with Crippen LogP contribution in [-0.4, -0.2) is 29.3 Å². The number of nitrogens with one attached hydrogen (secondary N) is 1. The highest BCUT2D eigenvalue weighted by molar-refractivity contribution is 7.15. The van der Waals surface area contributed by atoms with Gasteiger partial charge in [0.05, 0.1) is 0 Å². The Labute approximate surface area is 144 Å². The molecule has 1 aromatic heterocycles. The monoisotopic (exact) mass is 345 g/mol. The van der Waals surface area contributed by atoms with E-state index in [4.69, 9.17) is 9.47 Å². The molecule has 1 fully saturated rings. The molecule has 0 saturated carbocycles. The van der Waals surface area contributed by atoms with Crippen molar-refractivity contribution in [2.75, 3.05) is 18.5 Å². The van der Waals surface area contributed by atoms with Crippen molar-refractivity contribution in [2.45, 2.75) is 25.4 Å². The summed E-state index contributed by atoms with van der Waals surface area (Å²) in [4.78, 5) is 12.0. The molecule has 1 aliphatic heterocycles. The first kappa shape index (κ1) is 16.6. The van der Waals surface area contributed by atoms with E-state index in [-0.39, 0.29) is 18.6 Å². The van der Waals surface area contributed by atoms with Gasteiger partial charge in [-0.15, -0.1) is 16.8 Å². The van der Waals surface area contributed by atoms with Crippen molar-refractivity contribution in [1.29, 1.82) is 0 Å².